The average Bonchev–Trinajstić information content (AvgIpc) is 2.16. The summed E-state index contributed by atoms with van der Waals surface area (Å²) in [7, 11) is 0. The molecule has 1 rings (SSSR count). The van der Waals surface area contributed by atoms with Crippen molar-refractivity contribution in [2.75, 3.05) is 0 Å². The Balaban J connectivity index is 3.14. The van der Waals surface area contributed by atoms with Crippen LogP contribution in [0.4, 0.5) is 5.69 Å². The molecule has 1 aromatic carbocycles. The maximum absolute atomic E-state index is 10.6. The van der Waals surface area contributed by atoms with Crippen LogP contribution in [0.15, 0.2) is 18.2 Å². The number of nitrogens with two attached hydrogens (primary N) is 1. The second kappa shape index (κ2) is 5.05. The number of nitrogens with zero attached hydrogens (tertiary/aromatic N) is 1. The molecule has 0 radical (unpaired) electrons. The summed E-state index contributed by atoms with van der Waals surface area (Å²) in [4.78, 5) is 10.1. The van der Waals surface area contributed by atoms with Crippen LogP contribution in [0.25, 0.3) is 0 Å². The summed E-state index contributed by atoms with van der Waals surface area (Å²) in [6.45, 7) is 4.07. The largest absolute Gasteiger partial charge is 0.375 e. The fraction of sp³-hybridized carbons (Fsp3) is 0.455. The van der Waals surface area contributed by atoms with Crippen LogP contribution in [0, 0.1) is 16.0 Å². The summed E-state index contributed by atoms with van der Waals surface area (Å²) < 4.78 is 0. The maximum Gasteiger partial charge on any atom is 0.269 e. The van der Waals surface area contributed by atoms with E-state index in [2.05, 4.69) is 0 Å². The van der Waals surface area contributed by atoms with Crippen molar-refractivity contribution in [3.63, 3.8) is 0 Å². The number of hydrogen-bond donors (Lipinski definition) is 2. The zero-order valence-corrected chi connectivity index (χ0v) is 9.38. The molecule has 88 valence electrons. The Labute approximate surface area is 94.0 Å². The molecule has 0 spiro atoms. The number of aliphatic hydroxyl groups excluding tert-OH is 1. The SMILES string of the molecule is CC(C)Cc1ccc([N+](=O)[O-])cc1C(N)O. The molecule has 0 aromatic heterocycles. The minimum atomic E-state index is -1.17. The van der Waals surface area contributed by atoms with Gasteiger partial charge >= 0.3 is 0 Å². The molecule has 0 saturated heterocycles. The number of nitro groups is 1. The van der Waals surface area contributed by atoms with Gasteiger partial charge < -0.3 is 10.8 Å². The van der Waals surface area contributed by atoms with Crippen LogP contribution in [0.1, 0.15) is 31.2 Å². The lowest BCUT2D eigenvalue weighted by Gasteiger charge is -2.13. The van der Waals surface area contributed by atoms with Gasteiger partial charge in [-0.2, -0.15) is 0 Å². The maximum atomic E-state index is 10.6. The van der Waals surface area contributed by atoms with E-state index in [0.717, 1.165) is 12.0 Å². The summed E-state index contributed by atoms with van der Waals surface area (Å²) in [5.41, 5.74) is 6.63. The Bertz CT molecular complexity index is 389. The first-order valence-electron chi connectivity index (χ1n) is 5.12. The molecule has 16 heavy (non-hydrogen) atoms. The highest BCUT2D eigenvalue weighted by atomic mass is 16.6. The van der Waals surface area contributed by atoms with Crippen molar-refractivity contribution in [3.8, 4) is 0 Å². The molecular formula is C11H16N2O3. The Kier molecular flexibility index (Phi) is 3.98. The average molecular weight is 224 g/mol. The molecule has 0 aliphatic carbocycles. The second-order valence-corrected chi connectivity index (χ2v) is 4.18. The van der Waals surface area contributed by atoms with Gasteiger partial charge in [-0.1, -0.05) is 19.9 Å². The van der Waals surface area contributed by atoms with E-state index in [-0.39, 0.29) is 5.69 Å². The molecule has 1 aromatic rings. The predicted molar refractivity (Wildman–Crippen MR) is 60.8 cm³/mol. The monoisotopic (exact) mass is 224 g/mol. The molecule has 5 nitrogen and oxygen atoms in total. The van der Waals surface area contributed by atoms with Crippen molar-refractivity contribution in [1.82, 2.24) is 0 Å². The molecule has 1 unspecified atom stereocenters. The van der Waals surface area contributed by atoms with Gasteiger partial charge in [-0.15, -0.1) is 0 Å². The molecule has 0 bridgehead atoms. The van der Waals surface area contributed by atoms with Crippen LogP contribution < -0.4 is 5.73 Å². The highest BCUT2D eigenvalue weighted by molar-refractivity contribution is 5.41. The van der Waals surface area contributed by atoms with Crippen LogP contribution in [0.5, 0.6) is 0 Å². The second-order valence-electron chi connectivity index (χ2n) is 4.18. The van der Waals surface area contributed by atoms with Gasteiger partial charge in [0.25, 0.3) is 5.69 Å². The van der Waals surface area contributed by atoms with Gasteiger partial charge in [0.1, 0.15) is 6.23 Å². The molecular weight excluding hydrogens is 208 g/mol. The number of aliphatic hydroxyl groups is 1. The lowest BCUT2D eigenvalue weighted by Crippen LogP contribution is -2.13. The van der Waals surface area contributed by atoms with E-state index >= 15 is 0 Å². The minimum absolute atomic E-state index is 0.0491. The van der Waals surface area contributed by atoms with Gasteiger partial charge in [-0.3, -0.25) is 10.1 Å². The quantitative estimate of drug-likeness (QED) is 0.463. The fourth-order valence-electron chi connectivity index (χ4n) is 1.60. The lowest BCUT2D eigenvalue weighted by molar-refractivity contribution is -0.385. The first-order valence-corrected chi connectivity index (χ1v) is 5.12. The van der Waals surface area contributed by atoms with E-state index in [4.69, 9.17) is 5.73 Å². The van der Waals surface area contributed by atoms with E-state index < -0.39 is 11.2 Å². The molecule has 0 amide bonds. The standard InChI is InChI=1S/C11H16N2O3/c1-7(2)5-8-3-4-9(13(15)16)6-10(8)11(12)14/h3-4,6-7,11,14H,5,12H2,1-2H3. The summed E-state index contributed by atoms with van der Waals surface area (Å²) >= 11 is 0. The predicted octanol–water partition coefficient (Wildman–Crippen LogP) is 1.74. The molecule has 0 saturated carbocycles. The van der Waals surface area contributed by atoms with Crippen molar-refractivity contribution in [1.29, 1.82) is 0 Å². The van der Waals surface area contributed by atoms with Crippen molar-refractivity contribution in [2.45, 2.75) is 26.5 Å². The highest BCUT2D eigenvalue weighted by Crippen LogP contribution is 2.23. The first-order chi connectivity index (χ1) is 7.41. The lowest BCUT2D eigenvalue weighted by atomic mass is 9.97. The van der Waals surface area contributed by atoms with Crippen LogP contribution in [-0.4, -0.2) is 10.0 Å². The fourth-order valence-corrected chi connectivity index (χ4v) is 1.60. The third-order valence-corrected chi connectivity index (χ3v) is 2.29. The zero-order valence-electron chi connectivity index (χ0n) is 9.38. The van der Waals surface area contributed by atoms with Gasteiger partial charge in [-0.05, 0) is 17.9 Å². The van der Waals surface area contributed by atoms with Crippen LogP contribution >= 0.6 is 0 Å². The minimum Gasteiger partial charge on any atom is -0.375 e. The molecule has 1 atom stereocenters. The smallest absolute Gasteiger partial charge is 0.269 e. The first kappa shape index (κ1) is 12.6. The van der Waals surface area contributed by atoms with E-state index in [1.165, 1.54) is 12.1 Å². The molecule has 5 heteroatoms. The highest BCUT2D eigenvalue weighted by Gasteiger charge is 2.15. The van der Waals surface area contributed by atoms with Crippen molar-refractivity contribution < 1.29 is 10.0 Å². The summed E-state index contributed by atoms with van der Waals surface area (Å²) in [5, 5.41) is 20.0. The number of benzene rings is 1. The zero-order chi connectivity index (χ0) is 12.3. The Morgan fingerprint density at radius 2 is 2.12 bits per heavy atom. The Morgan fingerprint density at radius 1 is 1.50 bits per heavy atom. The summed E-state index contributed by atoms with van der Waals surface area (Å²) in [6.07, 6.45) is -0.435. The van der Waals surface area contributed by atoms with Crippen LogP contribution in [0.3, 0.4) is 0 Å². The van der Waals surface area contributed by atoms with E-state index in [9.17, 15) is 15.2 Å². The van der Waals surface area contributed by atoms with Crippen molar-refractivity contribution in [2.24, 2.45) is 11.7 Å². The van der Waals surface area contributed by atoms with Crippen LogP contribution in [-0.2, 0) is 6.42 Å². The van der Waals surface area contributed by atoms with E-state index in [1.54, 1.807) is 6.07 Å². The number of nitro benzene ring substituents is 1. The summed E-state index contributed by atoms with van der Waals surface area (Å²) in [6, 6.07) is 4.43. The molecule has 0 aliphatic rings. The third kappa shape index (κ3) is 3.01. The normalized spacial score (nSPS) is 12.8. The van der Waals surface area contributed by atoms with E-state index in [0.29, 0.717) is 11.5 Å². The Hall–Kier alpha value is -1.46. The molecule has 3 N–H and O–H groups in total. The van der Waals surface area contributed by atoms with Crippen LogP contribution in [0.2, 0.25) is 0 Å². The number of rotatable bonds is 4. The van der Waals surface area contributed by atoms with Gasteiger partial charge in [0, 0.05) is 17.7 Å². The molecule has 0 fully saturated rings. The number of hydrogen-bond acceptors (Lipinski definition) is 4. The number of non-ortho nitro benzene ring substituents is 1. The third-order valence-electron chi connectivity index (χ3n) is 2.29. The van der Waals surface area contributed by atoms with Gasteiger partial charge in [0.2, 0.25) is 0 Å². The van der Waals surface area contributed by atoms with Gasteiger partial charge in [-0.25, -0.2) is 0 Å². The van der Waals surface area contributed by atoms with E-state index in [1.807, 2.05) is 13.8 Å². The molecule has 0 heterocycles. The summed E-state index contributed by atoms with van der Waals surface area (Å²) in [5.74, 6) is 0.402. The molecule has 0 aliphatic heterocycles. The van der Waals surface area contributed by atoms with Gasteiger partial charge in [0.15, 0.2) is 0 Å². The van der Waals surface area contributed by atoms with Crippen molar-refractivity contribution >= 4 is 5.69 Å². The Morgan fingerprint density at radius 3 is 2.56 bits per heavy atom. The van der Waals surface area contributed by atoms with Crippen molar-refractivity contribution in [3.05, 3.63) is 39.4 Å². The topological polar surface area (TPSA) is 89.4 Å². The van der Waals surface area contributed by atoms with Gasteiger partial charge in [0.05, 0.1) is 4.92 Å².